The molecule has 1 aromatic carbocycles. The lowest BCUT2D eigenvalue weighted by molar-refractivity contribution is -0.384. The summed E-state index contributed by atoms with van der Waals surface area (Å²) in [6.45, 7) is 4.92. The van der Waals surface area contributed by atoms with E-state index < -0.39 is 22.4 Å². The van der Waals surface area contributed by atoms with E-state index in [1.165, 1.54) is 24.3 Å². The van der Waals surface area contributed by atoms with Gasteiger partial charge in [0.2, 0.25) is 0 Å². The maximum atomic E-state index is 11.7. The number of carbonyl (C=O) groups is 2. The molecule has 0 unspecified atom stereocenters. The SMILES string of the molecule is CC(C)(C)OC(=O)CNC(=O)c1ccc([N+](=O)[O-])cc1. The van der Waals surface area contributed by atoms with Gasteiger partial charge >= 0.3 is 5.97 Å². The smallest absolute Gasteiger partial charge is 0.325 e. The maximum Gasteiger partial charge on any atom is 0.325 e. The van der Waals surface area contributed by atoms with Gasteiger partial charge in [0.05, 0.1) is 4.92 Å². The van der Waals surface area contributed by atoms with Crippen molar-refractivity contribution in [1.29, 1.82) is 0 Å². The molecule has 7 nitrogen and oxygen atoms in total. The van der Waals surface area contributed by atoms with Gasteiger partial charge < -0.3 is 10.1 Å². The summed E-state index contributed by atoms with van der Waals surface area (Å²) in [5.41, 5.74) is -0.484. The second kappa shape index (κ2) is 6.14. The van der Waals surface area contributed by atoms with Crippen molar-refractivity contribution in [2.24, 2.45) is 0 Å². The van der Waals surface area contributed by atoms with Gasteiger partial charge in [-0.3, -0.25) is 19.7 Å². The zero-order chi connectivity index (χ0) is 15.3. The third-order valence-corrected chi connectivity index (χ3v) is 2.15. The van der Waals surface area contributed by atoms with Crippen LogP contribution in [0.2, 0.25) is 0 Å². The van der Waals surface area contributed by atoms with Crippen molar-refractivity contribution in [3.05, 3.63) is 39.9 Å². The summed E-state index contributed by atoms with van der Waals surface area (Å²) >= 11 is 0. The summed E-state index contributed by atoms with van der Waals surface area (Å²) in [5.74, 6) is -1.04. The fourth-order valence-electron chi connectivity index (χ4n) is 1.37. The van der Waals surface area contributed by atoms with E-state index in [2.05, 4.69) is 5.32 Å². The standard InChI is InChI=1S/C13H16N2O5/c1-13(2,3)20-11(16)8-14-12(17)9-4-6-10(7-5-9)15(18)19/h4-7H,8H2,1-3H3,(H,14,17). The average molecular weight is 280 g/mol. The molecule has 1 rings (SSSR count). The Balaban J connectivity index is 2.55. The number of hydrogen-bond donors (Lipinski definition) is 1. The highest BCUT2D eigenvalue weighted by Gasteiger charge is 2.17. The predicted molar refractivity (Wildman–Crippen MR) is 71.3 cm³/mol. The number of nitrogens with one attached hydrogen (secondary N) is 1. The number of non-ortho nitro benzene ring substituents is 1. The molecule has 7 heteroatoms. The van der Waals surface area contributed by atoms with Gasteiger partial charge in [0.15, 0.2) is 0 Å². The predicted octanol–water partition coefficient (Wildman–Crippen LogP) is 1.67. The van der Waals surface area contributed by atoms with E-state index in [0.29, 0.717) is 0 Å². The van der Waals surface area contributed by atoms with Gasteiger partial charge in [-0.15, -0.1) is 0 Å². The van der Waals surface area contributed by atoms with Gasteiger partial charge in [0, 0.05) is 17.7 Å². The lowest BCUT2D eigenvalue weighted by atomic mass is 10.2. The highest BCUT2D eigenvalue weighted by atomic mass is 16.6. The molecule has 20 heavy (non-hydrogen) atoms. The summed E-state index contributed by atoms with van der Waals surface area (Å²) in [6, 6.07) is 5.09. The zero-order valence-electron chi connectivity index (χ0n) is 11.5. The first kappa shape index (κ1) is 15.6. The lowest BCUT2D eigenvalue weighted by Crippen LogP contribution is -2.34. The number of carbonyl (C=O) groups excluding carboxylic acids is 2. The van der Waals surface area contributed by atoms with Gasteiger partial charge in [-0.1, -0.05) is 0 Å². The Morgan fingerprint density at radius 2 is 1.80 bits per heavy atom. The molecule has 108 valence electrons. The minimum absolute atomic E-state index is 0.103. The molecule has 0 aliphatic heterocycles. The Bertz CT molecular complexity index is 517. The van der Waals surface area contributed by atoms with Gasteiger partial charge in [-0.05, 0) is 32.9 Å². The Labute approximate surface area is 116 Å². The van der Waals surface area contributed by atoms with Gasteiger partial charge in [-0.25, -0.2) is 0 Å². The molecular weight excluding hydrogens is 264 g/mol. The minimum Gasteiger partial charge on any atom is -0.459 e. The third-order valence-electron chi connectivity index (χ3n) is 2.15. The van der Waals surface area contributed by atoms with Crippen LogP contribution in [0.5, 0.6) is 0 Å². The Morgan fingerprint density at radius 3 is 2.25 bits per heavy atom. The molecule has 1 aromatic rings. The quantitative estimate of drug-likeness (QED) is 0.514. The number of nitro benzene ring substituents is 1. The number of ether oxygens (including phenoxy) is 1. The summed E-state index contributed by atoms with van der Waals surface area (Å²) in [5, 5.41) is 12.9. The summed E-state index contributed by atoms with van der Waals surface area (Å²) < 4.78 is 5.03. The molecule has 0 bridgehead atoms. The molecule has 0 fully saturated rings. The molecule has 1 amide bonds. The van der Waals surface area contributed by atoms with Crippen LogP contribution in [0.4, 0.5) is 5.69 Å². The van der Waals surface area contributed by atoms with E-state index >= 15 is 0 Å². The fraction of sp³-hybridized carbons (Fsp3) is 0.385. The number of rotatable bonds is 4. The van der Waals surface area contributed by atoms with E-state index in [1.807, 2.05) is 0 Å². The number of nitro groups is 1. The highest BCUT2D eigenvalue weighted by Crippen LogP contribution is 2.11. The largest absolute Gasteiger partial charge is 0.459 e. The van der Waals surface area contributed by atoms with E-state index in [0.717, 1.165) is 0 Å². The number of nitrogens with zero attached hydrogens (tertiary/aromatic N) is 1. The fourth-order valence-corrected chi connectivity index (χ4v) is 1.37. The first-order chi connectivity index (χ1) is 9.19. The molecule has 0 aliphatic rings. The van der Waals surface area contributed by atoms with Crippen molar-refractivity contribution in [3.8, 4) is 0 Å². The van der Waals surface area contributed by atoms with Crippen molar-refractivity contribution < 1.29 is 19.2 Å². The van der Waals surface area contributed by atoms with Crippen molar-refractivity contribution in [2.45, 2.75) is 26.4 Å². The van der Waals surface area contributed by atoms with Crippen LogP contribution >= 0.6 is 0 Å². The molecule has 1 N–H and O–H groups in total. The van der Waals surface area contributed by atoms with Crippen LogP contribution in [-0.4, -0.2) is 28.9 Å². The molecule has 0 saturated carbocycles. The average Bonchev–Trinajstić information content (AvgIpc) is 2.34. The van der Waals surface area contributed by atoms with Crippen LogP contribution in [0.15, 0.2) is 24.3 Å². The van der Waals surface area contributed by atoms with Crippen LogP contribution in [0.3, 0.4) is 0 Å². The maximum absolute atomic E-state index is 11.7. The number of amides is 1. The van der Waals surface area contributed by atoms with Crippen molar-refractivity contribution >= 4 is 17.6 Å². The van der Waals surface area contributed by atoms with Gasteiger partial charge in [0.1, 0.15) is 12.1 Å². The van der Waals surface area contributed by atoms with E-state index in [4.69, 9.17) is 4.74 Å². The van der Waals surface area contributed by atoms with Crippen LogP contribution in [0, 0.1) is 10.1 Å². The number of esters is 1. The summed E-state index contributed by atoms with van der Waals surface area (Å²) in [6.07, 6.45) is 0. The molecule has 0 aliphatic carbocycles. The molecular formula is C13H16N2O5. The molecule has 0 saturated heterocycles. The van der Waals surface area contributed by atoms with Crippen LogP contribution < -0.4 is 5.32 Å². The topological polar surface area (TPSA) is 98.5 Å². The molecule has 0 atom stereocenters. The number of benzene rings is 1. The third kappa shape index (κ3) is 5.05. The molecule has 0 spiro atoms. The van der Waals surface area contributed by atoms with E-state index in [9.17, 15) is 19.7 Å². The molecule has 0 radical (unpaired) electrons. The van der Waals surface area contributed by atoms with Crippen LogP contribution in [0.25, 0.3) is 0 Å². The van der Waals surface area contributed by atoms with Crippen LogP contribution in [0.1, 0.15) is 31.1 Å². The Kier molecular flexibility index (Phi) is 4.79. The lowest BCUT2D eigenvalue weighted by Gasteiger charge is -2.19. The Morgan fingerprint density at radius 1 is 1.25 bits per heavy atom. The second-order valence-electron chi connectivity index (χ2n) is 5.07. The van der Waals surface area contributed by atoms with E-state index in [1.54, 1.807) is 20.8 Å². The van der Waals surface area contributed by atoms with Crippen LogP contribution in [-0.2, 0) is 9.53 Å². The first-order valence-corrected chi connectivity index (χ1v) is 5.93. The van der Waals surface area contributed by atoms with Gasteiger partial charge in [0.25, 0.3) is 11.6 Å². The summed E-state index contributed by atoms with van der Waals surface area (Å²) in [7, 11) is 0. The molecule has 0 heterocycles. The first-order valence-electron chi connectivity index (χ1n) is 5.93. The van der Waals surface area contributed by atoms with E-state index in [-0.39, 0.29) is 17.8 Å². The minimum atomic E-state index is -0.616. The number of hydrogen-bond acceptors (Lipinski definition) is 5. The van der Waals surface area contributed by atoms with Crippen molar-refractivity contribution in [2.75, 3.05) is 6.54 Å². The normalized spacial score (nSPS) is 10.8. The summed E-state index contributed by atoms with van der Waals surface area (Å²) in [4.78, 5) is 33.0. The Hall–Kier alpha value is -2.44. The van der Waals surface area contributed by atoms with Crippen molar-refractivity contribution in [3.63, 3.8) is 0 Å². The monoisotopic (exact) mass is 280 g/mol. The van der Waals surface area contributed by atoms with Crippen molar-refractivity contribution in [1.82, 2.24) is 5.32 Å². The second-order valence-corrected chi connectivity index (χ2v) is 5.07. The zero-order valence-corrected chi connectivity index (χ0v) is 11.5. The molecule has 0 aromatic heterocycles. The van der Waals surface area contributed by atoms with Gasteiger partial charge in [-0.2, -0.15) is 0 Å². The highest BCUT2D eigenvalue weighted by molar-refractivity contribution is 5.96.